The minimum Gasteiger partial charge on any atom is -0.502 e. The normalized spacial score (nSPS) is 20.8. The summed E-state index contributed by atoms with van der Waals surface area (Å²) in [4.78, 5) is 24.5. The van der Waals surface area contributed by atoms with Crippen molar-refractivity contribution in [2.75, 3.05) is 20.0 Å². The Kier molecular flexibility index (Phi) is 4.70. The lowest BCUT2D eigenvalue weighted by molar-refractivity contribution is -0.148. The fourth-order valence-corrected chi connectivity index (χ4v) is 3.85. The molecule has 7 nitrogen and oxygen atoms in total. The van der Waals surface area contributed by atoms with Gasteiger partial charge in [0.05, 0.1) is 14.2 Å². The average Bonchev–Trinajstić information content (AvgIpc) is 2.92. The van der Waals surface area contributed by atoms with Gasteiger partial charge in [0.25, 0.3) is 0 Å². The first-order chi connectivity index (χ1) is 10.4. The van der Waals surface area contributed by atoms with Crippen LogP contribution >= 0.6 is 11.8 Å². The molecular formula is C14H17NO6S. The summed E-state index contributed by atoms with van der Waals surface area (Å²) in [5, 5.41) is 18.7. The molecule has 120 valence electrons. The van der Waals surface area contributed by atoms with Gasteiger partial charge in [-0.3, -0.25) is 4.79 Å². The van der Waals surface area contributed by atoms with Crippen molar-refractivity contribution >= 4 is 23.6 Å². The Morgan fingerprint density at radius 3 is 2.23 bits per heavy atom. The van der Waals surface area contributed by atoms with E-state index in [1.54, 1.807) is 12.1 Å². The summed E-state index contributed by atoms with van der Waals surface area (Å²) in [7, 11) is 2.81. The van der Waals surface area contributed by atoms with Crippen molar-refractivity contribution in [3.05, 3.63) is 17.7 Å². The third kappa shape index (κ3) is 2.78. The van der Waals surface area contributed by atoms with Crippen molar-refractivity contribution in [2.24, 2.45) is 0 Å². The van der Waals surface area contributed by atoms with Gasteiger partial charge in [0, 0.05) is 12.7 Å². The van der Waals surface area contributed by atoms with E-state index < -0.39 is 17.4 Å². The molecule has 1 fully saturated rings. The molecule has 0 bridgehead atoms. The Hall–Kier alpha value is -2.09. The van der Waals surface area contributed by atoms with E-state index in [4.69, 9.17) is 9.47 Å². The summed E-state index contributed by atoms with van der Waals surface area (Å²) < 4.78 is 10.2. The quantitative estimate of drug-likeness (QED) is 0.864. The molecule has 1 aliphatic heterocycles. The number of ether oxygens (including phenoxy) is 2. The van der Waals surface area contributed by atoms with Gasteiger partial charge >= 0.3 is 5.97 Å². The molecule has 0 spiro atoms. The summed E-state index contributed by atoms with van der Waals surface area (Å²) in [6.45, 7) is 1.34. The second-order valence-corrected chi connectivity index (χ2v) is 5.85. The topological polar surface area (TPSA) is 96.3 Å². The number of carboxylic acid groups (broad SMARTS) is 1. The number of rotatable bonds is 4. The summed E-state index contributed by atoms with van der Waals surface area (Å²) in [6, 6.07) is 2.28. The molecule has 1 heterocycles. The van der Waals surface area contributed by atoms with Crippen molar-refractivity contribution in [3.8, 4) is 17.2 Å². The molecule has 1 aliphatic rings. The highest BCUT2D eigenvalue weighted by Gasteiger charge is 2.41. The van der Waals surface area contributed by atoms with E-state index >= 15 is 0 Å². The predicted molar refractivity (Wildman–Crippen MR) is 80.4 cm³/mol. The predicted octanol–water partition coefficient (Wildman–Crippen LogP) is 1.46. The van der Waals surface area contributed by atoms with Crippen molar-refractivity contribution in [1.82, 2.24) is 4.90 Å². The minimum atomic E-state index is -1.04. The Morgan fingerprint density at radius 2 is 1.82 bits per heavy atom. The van der Waals surface area contributed by atoms with Gasteiger partial charge in [0.1, 0.15) is 11.4 Å². The van der Waals surface area contributed by atoms with E-state index in [0.29, 0.717) is 11.3 Å². The van der Waals surface area contributed by atoms with E-state index in [1.165, 1.54) is 37.8 Å². The lowest BCUT2D eigenvalue weighted by atomic mass is 10.1. The molecule has 0 aliphatic carbocycles. The zero-order valence-electron chi connectivity index (χ0n) is 12.4. The van der Waals surface area contributed by atoms with Crippen LogP contribution in [-0.4, -0.2) is 53.0 Å². The highest BCUT2D eigenvalue weighted by Crippen LogP contribution is 2.46. The molecule has 0 unspecified atom stereocenters. The van der Waals surface area contributed by atoms with Crippen molar-refractivity contribution < 1.29 is 29.3 Å². The second-order valence-electron chi connectivity index (χ2n) is 4.74. The number of aromatic hydroxyl groups is 1. The number of methoxy groups -OCH3 is 2. The SMILES string of the molecule is COc1cc([C@@H]2SC[C@@H](C(=O)O)N2C(C)=O)cc(OC)c1O. The lowest BCUT2D eigenvalue weighted by Crippen LogP contribution is -2.41. The maximum atomic E-state index is 11.9. The number of amides is 1. The van der Waals surface area contributed by atoms with Gasteiger partial charge in [-0.05, 0) is 17.7 Å². The van der Waals surface area contributed by atoms with Crippen molar-refractivity contribution in [2.45, 2.75) is 18.3 Å². The van der Waals surface area contributed by atoms with Gasteiger partial charge in [0.15, 0.2) is 11.5 Å². The molecule has 1 amide bonds. The first kappa shape index (κ1) is 16.3. The molecule has 22 heavy (non-hydrogen) atoms. The van der Waals surface area contributed by atoms with Gasteiger partial charge in [-0.1, -0.05) is 0 Å². The van der Waals surface area contributed by atoms with Crippen LogP contribution in [0.15, 0.2) is 12.1 Å². The van der Waals surface area contributed by atoms with Crippen LogP contribution in [0.5, 0.6) is 17.2 Å². The third-order valence-corrected chi connectivity index (χ3v) is 4.76. The number of carbonyl (C=O) groups is 2. The number of thioether (sulfide) groups is 1. The summed E-state index contributed by atoms with van der Waals surface area (Å²) in [5.41, 5.74) is 0.635. The molecular weight excluding hydrogens is 310 g/mol. The highest BCUT2D eigenvalue weighted by molar-refractivity contribution is 7.99. The number of aliphatic carboxylic acids is 1. The van der Waals surface area contributed by atoms with Crippen molar-refractivity contribution in [3.63, 3.8) is 0 Å². The number of carbonyl (C=O) groups excluding carboxylic acids is 1. The average molecular weight is 327 g/mol. The van der Waals surface area contributed by atoms with Gasteiger partial charge in [-0.25, -0.2) is 4.79 Å². The highest BCUT2D eigenvalue weighted by atomic mass is 32.2. The fourth-order valence-electron chi connectivity index (χ4n) is 2.39. The maximum absolute atomic E-state index is 11.9. The van der Waals surface area contributed by atoms with Crippen LogP contribution in [0.4, 0.5) is 0 Å². The van der Waals surface area contributed by atoms with E-state index in [-0.39, 0.29) is 23.2 Å². The van der Waals surface area contributed by atoms with Crippen LogP contribution < -0.4 is 9.47 Å². The molecule has 0 radical (unpaired) electrons. The van der Waals surface area contributed by atoms with Crippen LogP contribution in [0, 0.1) is 0 Å². The van der Waals surface area contributed by atoms with Crippen molar-refractivity contribution in [1.29, 1.82) is 0 Å². The second kappa shape index (κ2) is 6.35. The molecule has 2 rings (SSSR count). The van der Waals surface area contributed by atoms with E-state index in [0.717, 1.165) is 0 Å². The van der Waals surface area contributed by atoms with Crippen LogP contribution in [0.3, 0.4) is 0 Å². The zero-order chi connectivity index (χ0) is 16.4. The Labute approximate surface area is 131 Å². The third-order valence-electron chi connectivity index (χ3n) is 3.44. The number of carboxylic acids is 1. The monoisotopic (exact) mass is 327 g/mol. The van der Waals surface area contributed by atoms with E-state index in [1.807, 2.05) is 0 Å². The molecule has 1 aromatic rings. The molecule has 1 saturated heterocycles. The van der Waals surface area contributed by atoms with Crippen LogP contribution in [0.1, 0.15) is 17.9 Å². The molecule has 8 heteroatoms. The lowest BCUT2D eigenvalue weighted by Gasteiger charge is -2.27. The molecule has 2 N–H and O–H groups in total. The fraction of sp³-hybridized carbons (Fsp3) is 0.429. The van der Waals surface area contributed by atoms with Gasteiger partial charge in [-0.15, -0.1) is 11.8 Å². The van der Waals surface area contributed by atoms with Crippen LogP contribution in [0.2, 0.25) is 0 Å². The molecule has 1 aromatic carbocycles. The number of hydrogen-bond acceptors (Lipinski definition) is 6. The first-order valence-electron chi connectivity index (χ1n) is 6.48. The number of phenolic OH excluding ortho intramolecular Hbond substituents is 1. The summed E-state index contributed by atoms with van der Waals surface area (Å²) in [6.07, 6.45) is 0. The smallest absolute Gasteiger partial charge is 0.327 e. The molecule has 0 aromatic heterocycles. The van der Waals surface area contributed by atoms with Gasteiger partial charge in [-0.2, -0.15) is 0 Å². The number of phenols is 1. The minimum absolute atomic E-state index is 0.138. The number of nitrogens with zero attached hydrogens (tertiary/aromatic N) is 1. The van der Waals surface area contributed by atoms with Crippen LogP contribution in [-0.2, 0) is 9.59 Å². The van der Waals surface area contributed by atoms with Gasteiger partial charge in [0.2, 0.25) is 11.7 Å². The Bertz CT molecular complexity index is 580. The maximum Gasteiger partial charge on any atom is 0.327 e. The standard InChI is InChI=1S/C14H17NO6S/c1-7(16)15-9(14(18)19)6-22-13(15)8-4-10(20-2)12(17)11(5-8)21-3/h4-5,9,13,17H,6H2,1-3H3,(H,18,19)/t9-,13-/m0/s1. The first-order valence-corrected chi connectivity index (χ1v) is 7.53. The number of hydrogen-bond donors (Lipinski definition) is 2. The Balaban J connectivity index is 2.46. The number of benzene rings is 1. The van der Waals surface area contributed by atoms with Crippen LogP contribution in [0.25, 0.3) is 0 Å². The zero-order valence-corrected chi connectivity index (χ0v) is 13.2. The van der Waals surface area contributed by atoms with Gasteiger partial charge < -0.3 is 24.6 Å². The summed E-state index contributed by atoms with van der Waals surface area (Å²) >= 11 is 1.34. The Morgan fingerprint density at radius 1 is 1.27 bits per heavy atom. The largest absolute Gasteiger partial charge is 0.502 e. The van der Waals surface area contributed by atoms with E-state index in [9.17, 15) is 19.8 Å². The summed E-state index contributed by atoms with van der Waals surface area (Å²) in [5.74, 6) is -0.794. The molecule has 0 saturated carbocycles. The van der Waals surface area contributed by atoms with E-state index in [2.05, 4.69) is 0 Å². The molecule has 2 atom stereocenters.